The maximum absolute atomic E-state index is 11.5. The average Bonchev–Trinajstić information content (AvgIpc) is 2.63. The van der Waals surface area contributed by atoms with Gasteiger partial charge in [-0.25, -0.2) is 4.98 Å². The molecule has 0 amide bonds. The van der Waals surface area contributed by atoms with Crippen molar-refractivity contribution in [2.24, 2.45) is 5.92 Å². The predicted octanol–water partition coefficient (Wildman–Crippen LogP) is 2.08. The van der Waals surface area contributed by atoms with Crippen molar-refractivity contribution < 1.29 is 9.53 Å². The molecule has 1 heterocycles. The molecule has 1 aromatic heterocycles. The molecule has 0 aromatic carbocycles. The number of methoxy groups -OCH3 is 1. The van der Waals surface area contributed by atoms with Gasteiger partial charge in [0.05, 0.1) is 13.3 Å². The molecule has 90 valence electrons. The molecule has 0 aliphatic carbocycles. The van der Waals surface area contributed by atoms with Crippen LogP contribution >= 0.6 is 22.9 Å². The zero-order valence-electron chi connectivity index (χ0n) is 9.49. The van der Waals surface area contributed by atoms with Crippen molar-refractivity contribution in [3.05, 3.63) is 15.5 Å². The third-order valence-electron chi connectivity index (χ3n) is 2.12. The van der Waals surface area contributed by atoms with Gasteiger partial charge in [-0.05, 0) is 5.92 Å². The summed E-state index contributed by atoms with van der Waals surface area (Å²) < 4.78 is 5.37. The van der Waals surface area contributed by atoms with Crippen LogP contribution in [0.25, 0.3) is 0 Å². The minimum atomic E-state index is -0.312. The fourth-order valence-electron chi connectivity index (χ4n) is 1.29. The highest BCUT2D eigenvalue weighted by Gasteiger charge is 2.22. The van der Waals surface area contributed by atoms with Crippen LogP contribution in [0.4, 0.5) is 0 Å². The lowest BCUT2D eigenvalue weighted by Crippen LogP contribution is -2.41. The van der Waals surface area contributed by atoms with Crippen LogP contribution in [-0.2, 0) is 16.1 Å². The van der Waals surface area contributed by atoms with Gasteiger partial charge in [0.15, 0.2) is 0 Å². The third-order valence-corrected chi connectivity index (χ3v) is 3.24. The molecule has 4 nitrogen and oxygen atoms in total. The Morgan fingerprint density at radius 2 is 2.38 bits per heavy atom. The summed E-state index contributed by atoms with van der Waals surface area (Å²) in [7, 11) is 1.39. The fourth-order valence-corrected chi connectivity index (χ4v) is 2.19. The smallest absolute Gasteiger partial charge is 0.323 e. The Kier molecular flexibility index (Phi) is 5.18. The first-order valence-corrected chi connectivity index (χ1v) is 6.15. The molecule has 0 saturated carbocycles. The van der Waals surface area contributed by atoms with E-state index in [0.29, 0.717) is 10.9 Å². The number of nitrogens with one attached hydrogen (secondary N) is 1. The van der Waals surface area contributed by atoms with E-state index in [0.717, 1.165) is 5.01 Å². The van der Waals surface area contributed by atoms with Crippen LogP contribution in [0.1, 0.15) is 18.9 Å². The van der Waals surface area contributed by atoms with Crippen molar-refractivity contribution in [1.82, 2.24) is 10.3 Å². The number of halogens is 1. The SMILES string of the molecule is COC(=O)[C@@H](NCc1ncc(Cl)s1)C(C)C. The molecule has 0 aliphatic heterocycles. The van der Waals surface area contributed by atoms with Crippen LogP contribution in [0, 0.1) is 5.92 Å². The minimum absolute atomic E-state index is 0.169. The van der Waals surface area contributed by atoms with Gasteiger partial charge >= 0.3 is 5.97 Å². The van der Waals surface area contributed by atoms with E-state index in [2.05, 4.69) is 10.3 Å². The number of aromatic nitrogens is 1. The van der Waals surface area contributed by atoms with Crippen molar-refractivity contribution in [3.8, 4) is 0 Å². The molecule has 0 aliphatic rings. The number of rotatable bonds is 5. The summed E-state index contributed by atoms with van der Waals surface area (Å²) in [6.45, 7) is 4.45. The van der Waals surface area contributed by atoms with E-state index in [-0.39, 0.29) is 17.9 Å². The standard InChI is InChI=1S/C10H15ClN2O2S/c1-6(2)9(10(14)15-3)13-5-8-12-4-7(11)16-8/h4,6,9,13H,5H2,1-3H3/t9-/m0/s1. The van der Waals surface area contributed by atoms with Crippen molar-refractivity contribution in [2.45, 2.75) is 26.4 Å². The Morgan fingerprint density at radius 1 is 1.69 bits per heavy atom. The zero-order chi connectivity index (χ0) is 12.1. The molecule has 1 N–H and O–H groups in total. The summed E-state index contributed by atoms with van der Waals surface area (Å²) in [5.74, 6) is -0.0828. The van der Waals surface area contributed by atoms with Gasteiger partial charge in [0, 0.05) is 6.54 Å². The van der Waals surface area contributed by atoms with E-state index in [1.807, 2.05) is 13.8 Å². The third kappa shape index (κ3) is 3.73. The first-order chi connectivity index (χ1) is 7.54. The monoisotopic (exact) mass is 262 g/mol. The number of hydrogen-bond donors (Lipinski definition) is 1. The lowest BCUT2D eigenvalue weighted by Gasteiger charge is -2.18. The van der Waals surface area contributed by atoms with E-state index in [1.54, 1.807) is 6.20 Å². The highest BCUT2D eigenvalue weighted by Crippen LogP contribution is 2.18. The molecule has 16 heavy (non-hydrogen) atoms. The lowest BCUT2D eigenvalue weighted by atomic mass is 10.1. The summed E-state index contributed by atoms with van der Waals surface area (Å²) in [5.41, 5.74) is 0. The van der Waals surface area contributed by atoms with Crippen LogP contribution in [0.2, 0.25) is 4.34 Å². The summed E-state index contributed by atoms with van der Waals surface area (Å²) >= 11 is 7.17. The van der Waals surface area contributed by atoms with Gasteiger partial charge in [-0.1, -0.05) is 25.4 Å². The highest BCUT2D eigenvalue weighted by atomic mass is 35.5. The lowest BCUT2D eigenvalue weighted by molar-refractivity contribution is -0.144. The van der Waals surface area contributed by atoms with Crippen molar-refractivity contribution >= 4 is 28.9 Å². The molecule has 1 rings (SSSR count). The largest absolute Gasteiger partial charge is 0.468 e. The molecular weight excluding hydrogens is 248 g/mol. The summed E-state index contributed by atoms with van der Waals surface area (Å²) in [6, 6.07) is -0.312. The van der Waals surface area contributed by atoms with Gasteiger partial charge in [-0.15, -0.1) is 11.3 Å². The number of ether oxygens (including phenoxy) is 1. The Morgan fingerprint density at radius 3 is 2.81 bits per heavy atom. The summed E-state index contributed by atoms with van der Waals surface area (Å²) in [5, 5.41) is 3.97. The molecule has 0 saturated heterocycles. The van der Waals surface area contributed by atoms with Crippen LogP contribution in [0.15, 0.2) is 6.20 Å². The Hall–Kier alpha value is -0.650. The first kappa shape index (κ1) is 13.4. The molecule has 1 aromatic rings. The number of hydrogen-bond acceptors (Lipinski definition) is 5. The van der Waals surface area contributed by atoms with Crippen LogP contribution in [0.3, 0.4) is 0 Å². The van der Waals surface area contributed by atoms with Crippen LogP contribution < -0.4 is 5.32 Å². The van der Waals surface area contributed by atoms with Crippen LogP contribution in [-0.4, -0.2) is 24.1 Å². The molecule has 0 fully saturated rings. The topological polar surface area (TPSA) is 51.2 Å². The molecule has 0 unspecified atom stereocenters. The number of carbonyl (C=O) groups excluding carboxylic acids is 1. The maximum Gasteiger partial charge on any atom is 0.323 e. The molecular formula is C10H15ClN2O2S. The Balaban J connectivity index is 2.53. The molecule has 0 spiro atoms. The molecule has 6 heteroatoms. The summed E-state index contributed by atoms with van der Waals surface area (Å²) in [6.07, 6.45) is 1.60. The quantitative estimate of drug-likeness (QED) is 0.826. The van der Waals surface area contributed by atoms with E-state index in [1.165, 1.54) is 18.4 Å². The van der Waals surface area contributed by atoms with Crippen LogP contribution in [0.5, 0.6) is 0 Å². The van der Waals surface area contributed by atoms with E-state index in [4.69, 9.17) is 16.3 Å². The maximum atomic E-state index is 11.5. The molecule has 0 radical (unpaired) electrons. The van der Waals surface area contributed by atoms with E-state index in [9.17, 15) is 4.79 Å². The second kappa shape index (κ2) is 6.18. The summed E-state index contributed by atoms with van der Waals surface area (Å²) in [4.78, 5) is 15.6. The van der Waals surface area contributed by atoms with Gasteiger partial charge in [0.1, 0.15) is 15.4 Å². The van der Waals surface area contributed by atoms with Gasteiger partial charge in [0.25, 0.3) is 0 Å². The van der Waals surface area contributed by atoms with Gasteiger partial charge in [0.2, 0.25) is 0 Å². The number of nitrogens with zero attached hydrogens (tertiary/aromatic N) is 1. The Labute approximate surface area is 104 Å². The number of thiazole rings is 1. The highest BCUT2D eigenvalue weighted by molar-refractivity contribution is 7.15. The second-order valence-corrected chi connectivity index (χ2v) is 5.43. The number of esters is 1. The Bertz CT molecular complexity index is 354. The van der Waals surface area contributed by atoms with E-state index < -0.39 is 0 Å². The predicted molar refractivity (Wildman–Crippen MR) is 64.6 cm³/mol. The normalized spacial score (nSPS) is 12.8. The first-order valence-electron chi connectivity index (χ1n) is 4.96. The van der Waals surface area contributed by atoms with Crippen molar-refractivity contribution in [3.63, 3.8) is 0 Å². The molecule has 1 atom stereocenters. The minimum Gasteiger partial charge on any atom is -0.468 e. The van der Waals surface area contributed by atoms with E-state index >= 15 is 0 Å². The second-order valence-electron chi connectivity index (χ2n) is 3.68. The van der Waals surface area contributed by atoms with Gasteiger partial charge < -0.3 is 4.74 Å². The average molecular weight is 263 g/mol. The zero-order valence-corrected chi connectivity index (χ0v) is 11.1. The fraction of sp³-hybridized carbons (Fsp3) is 0.600. The van der Waals surface area contributed by atoms with Crippen molar-refractivity contribution in [2.75, 3.05) is 7.11 Å². The van der Waals surface area contributed by atoms with Crippen molar-refractivity contribution in [1.29, 1.82) is 0 Å². The number of carbonyl (C=O) groups is 1. The van der Waals surface area contributed by atoms with Gasteiger partial charge in [-0.3, -0.25) is 10.1 Å². The molecule has 0 bridgehead atoms. The van der Waals surface area contributed by atoms with Gasteiger partial charge in [-0.2, -0.15) is 0 Å².